The van der Waals surface area contributed by atoms with Crippen LogP contribution in [-0.4, -0.2) is 69.3 Å². The van der Waals surface area contributed by atoms with Gasteiger partial charge in [-0.25, -0.2) is 4.79 Å². The van der Waals surface area contributed by atoms with E-state index >= 15 is 0 Å². The SMILES string of the molecule is CCCCCCOc1nsnc1C1=CCC[N+](C)([C@H](C)OC(=O)[C@@H]([NH3+])CC(=O)O)C1. The second-order valence-electron chi connectivity index (χ2n) is 8.04. The average molecular weight is 443 g/mol. The summed E-state index contributed by atoms with van der Waals surface area (Å²) >= 11 is 1.13. The van der Waals surface area contributed by atoms with Crippen LogP contribution in [0.5, 0.6) is 5.88 Å². The van der Waals surface area contributed by atoms with E-state index in [-0.39, 0.29) is 6.42 Å². The van der Waals surface area contributed by atoms with E-state index in [9.17, 15) is 9.59 Å². The predicted octanol–water partition coefficient (Wildman–Crippen LogP) is 1.71. The first-order chi connectivity index (χ1) is 14.3. The Morgan fingerprint density at radius 3 is 2.80 bits per heavy atom. The molecule has 1 aromatic heterocycles. The first-order valence-corrected chi connectivity index (χ1v) is 11.2. The molecule has 0 spiro atoms. The summed E-state index contributed by atoms with van der Waals surface area (Å²) in [5, 5.41) is 8.85. The molecule has 4 N–H and O–H groups in total. The molecule has 0 radical (unpaired) electrons. The third kappa shape index (κ3) is 6.75. The Bertz CT molecular complexity index is 753. The van der Waals surface area contributed by atoms with E-state index in [0.717, 1.165) is 48.8 Å². The van der Waals surface area contributed by atoms with Gasteiger partial charge < -0.3 is 20.3 Å². The maximum atomic E-state index is 12.2. The Balaban J connectivity index is 1.99. The third-order valence-electron chi connectivity index (χ3n) is 5.48. The van der Waals surface area contributed by atoms with Gasteiger partial charge >= 0.3 is 11.9 Å². The van der Waals surface area contributed by atoms with Gasteiger partial charge in [-0.1, -0.05) is 32.3 Å². The van der Waals surface area contributed by atoms with Crippen LogP contribution in [0.3, 0.4) is 0 Å². The number of carbonyl (C=O) groups is 2. The maximum absolute atomic E-state index is 12.2. The summed E-state index contributed by atoms with van der Waals surface area (Å²) in [6, 6.07) is -0.924. The van der Waals surface area contributed by atoms with Crippen molar-refractivity contribution in [1.29, 1.82) is 0 Å². The van der Waals surface area contributed by atoms with E-state index in [2.05, 4.69) is 27.5 Å². The lowest BCUT2D eigenvalue weighted by molar-refractivity contribution is -0.944. The summed E-state index contributed by atoms with van der Waals surface area (Å²) in [7, 11) is 2.02. The van der Waals surface area contributed by atoms with Crippen LogP contribution in [0.15, 0.2) is 6.08 Å². The van der Waals surface area contributed by atoms with Crippen molar-refractivity contribution in [3.05, 3.63) is 11.8 Å². The molecule has 168 valence electrons. The number of carboxylic acids is 1. The van der Waals surface area contributed by atoms with Crippen LogP contribution in [0.1, 0.15) is 58.1 Å². The predicted molar refractivity (Wildman–Crippen MR) is 113 cm³/mol. The van der Waals surface area contributed by atoms with Crippen molar-refractivity contribution in [3.63, 3.8) is 0 Å². The Labute approximate surface area is 181 Å². The number of aliphatic carboxylic acids is 1. The van der Waals surface area contributed by atoms with E-state index in [1.54, 1.807) is 0 Å². The van der Waals surface area contributed by atoms with Gasteiger partial charge in [0.1, 0.15) is 18.7 Å². The molecular weight excluding hydrogens is 408 g/mol. The Kier molecular flexibility index (Phi) is 9.19. The van der Waals surface area contributed by atoms with Crippen LogP contribution < -0.4 is 10.5 Å². The van der Waals surface area contributed by atoms with Gasteiger partial charge in [0.2, 0.25) is 6.23 Å². The van der Waals surface area contributed by atoms with Crippen LogP contribution in [-0.2, 0) is 14.3 Å². The number of unbranched alkanes of at least 4 members (excludes halogenated alkanes) is 3. The molecule has 0 amide bonds. The monoisotopic (exact) mass is 442 g/mol. The maximum Gasteiger partial charge on any atom is 0.369 e. The van der Waals surface area contributed by atoms with Crippen molar-refractivity contribution in [2.45, 2.75) is 64.6 Å². The van der Waals surface area contributed by atoms with Gasteiger partial charge in [-0.05, 0) is 6.42 Å². The summed E-state index contributed by atoms with van der Waals surface area (Å²) in [4.78, 5) is 23.0. The fourth-order valence-corrected chi connectivity index (χ4v) is 3.93. The lowest BCUT2D eigenvalue weighted by Gasteiger charge is -2.41. The summed E-state index contributed by atoms with van der Waals surface area (Å²) in [5.41, 5.74) is 5.40. The Morgan fingerprint density at radius 2 is 2.10 bits per heavy atom. The molecule has 1 aliphatic rings. The highest BCUT2D eigenvalue weighted by molar-refractivity contribution is 6.99. The van der Waals surface area contributed by atoms with E-state index in [0.29, 0.717) is 23.5 Å². The zero-order valence-corrected chi connectivity index (χ0v) is 18.9. The molecule has 0 aliphatic carbocycles. The van der Waals surface area contributed by atoms with Crippen LogP contribution in [0.25, 0.3) is 5.57 Å². The highest BCUT2D eigenvalue weighted by atomic mass is 32.1. The number of quaternary nitrogens is 2. The largest absolute Gasteiger partial charge is 0.481 e. The minimum Gasteiger partial charge on any atom is -0.481 e. The number of esters is 1. The molecular formula is C20H34N4O5S+2. The molecule has 3 atom stereocenters. The molecule has 30 heavy (non-hydrogen) atoms. The molecule has 0 saturated carbocycles. The fourth-order valence-electron chi connectivity index (χ4n) is 3.40. The van der Waals surface area contributed by atoms with Gasteiger partial charge in [-0.2, -0.15) is 4.37 Å². The molecule has 2 rings (SSSR count). The topological polar surface area (TPSA) is 126 Å². The standard InChI is InChI=1S/C20H32N4O5S/c1-4-5-6-7-11-28-19-18(22-30-23-19)15-9-8-10-24(3,13-15)14(2)29-20(27)16(21)12-17(25)26/h9,14,16H,4-8,10-13,21H2,1-3H3/p+2/t14-,16-,24?/m0/s1. The van der Waals surface area contributed by atoms with Crippen molar-refractivity contribution in [3.8, 4) is 5.88 Å². The smallest absolute Gasteiger partial charge is 0.369 e. The molecule has 0 saturated heterocycles. The molecule has 0 fully saturated rings. The molecule has 2 heterocycles. The van der Waals surface area contributed by atoms with Crippen molar-refractivity contribution in [2.24, 2.45) is 0 Å². The van der Waals surface area contributed by atoms with Gasteiger partial charge in [0.05, 0.1) is 31.9 Å². The number of likely N-dealkylation sites (N-methyl/N-ethyl adjacent to an activating group) is 1. The fraction of sp³-hybridized carbons (Fsp3) is 0.700. The molecule has 1 aliphatic heterocycles. The van der Waals surface area contributed by atoms with Gasteiger partial charge in [0, 0.05) is 18.9 Å². The Morgan fingerprint density at radius 1 is 1.33 bits per heavy atom. The number of hydrogen-bond acceptors (Lipinski definition) is 7. The Hall–Kier alpha value is -2.04. The van der Waals surface area contributed by atoms with Crippen molar-refractivity contribution >= 4 is 29.2 Å². The average Bonchev–Trinajstić information content (AvgIpc) is 3.16. The second kappa shape index (κ2) is 11.4. The van der Waals surface area contributed by atoms with Crippen molar-refractivity contribution in [2.75, 3.05) is 26.7 Å². The van der Waals surface area contributed by atoms with E-state index in [1.807, 2.05) is 14.0 Å². The van der Waals surface area contributed by atoms with Crippen molar-refractivity contribution in [1.82, 2.24) is 8.75 Å². The zero-order valence-electron chi connectivity index (χ0n) is 18.1. The highest BCUT2D eigenvalue weighted by Gasteiger charge is 2.38. The lowest BCUT2D eigenvalue weighted by Crippen LogP contribution is -2.67. The second-order valence-corrected chi connectivity index (χ2v) is 8.57. The molecule has 1 unspecified atom stereocenters. The molecule has 1 aromatic rings. The number of nitrogens with zero attached hydrogens (tertiary/aromatic N) is 3. The van der Waals surface area contributed by atoms with E-state index in [4.69, 9.17) is 14.6 Å². The summed E-state index contributed by atoms with van der Waals surface area (Å²) in [6.45, 7) is 6.05. The summed E-state index contributed by atoms with van der Waals surface area (Å²) in [5.74, 6) is -1.09. The third-order valence-corrected chi connectivity index (χ3v) is 5.99. The van der Waals surface area contributed by atoms with Crippen LogP contribution in [0.2, 0.25) is 0 Å². The number of carbonyl (C=O) groups excluding carboxylic acids is 1. The van der Waals surface area contributed by atoms with Gasteiger partial charge in [-0.15, -0.1) is 4.37 Å². The molecule has 10 heteroatoms. The van der Waals surface area contributed by atoms with Crippen molar-refractivity contribution < 1.29 is 34.4 Å². The van der Waals surface area contributed by atoms with Crippen LogP contribution in [0, 0.1) is 0 Å². The quantitative estimate of drug-likeness (QED) is 0.287. The molecule has 0 aromatic carbocycles. The lowest BCUT2D eigenvalue weighted by atomic mass is 10.0. The number of ether oxygens (including phenoxy) is 2. The molecule has 9 nitrogen and oxygen atoms in total. The number of aromatic nitrogens is 2. The van der Waals surface area contributed by atoms with Gasteiger partial charge in [-0.3, -0.25) is 9.28 Å². The number of carboxylic acid groups (broad SMARTS) is 1. The van der Waals surface area contributed by atoms with E-state index < -0.39 is 24.2 Å². The van der Waals surface area contributed by atoms with Gasteiger partial charge in [0.15, 0.2) is 6.04 Å². The zero-order chi connectivity index (χ0) is 22.1. The number of hydrogen-bond donors (Lipinski definition) is 2. The van der Waals surface area contributed by atoms with E-state index in [1.165, 1.54) is 12.8 Å². The highest BCUT2D eigenvalue weighted by Crippen LogP contribution is 2.31. The first kappa shape index (κ1) is 24.2. The number of rotatable bonds is 12. The minimum absolute atomic E-state index is 0.343. The summed E-state index contributed by atoms with van der Waals surface area (Å²) in [6.07, 6.45) is 6.68. The first-order valence-electron chi connectivity index (χ1n) is 10.5. The summed E-state index contributed by atoms with van der Waals surface area (Å²) < 4.78 is 20.7. The van der Waals surface area contributed by atoms with Gasteiger partial charge in [0.25, 0.3) is 5.88 Å². The van der Waals surface area contributed by atoms with Crippen LogP contribution >= 0.6 is 11.7 Å². The normalized spacial score (nSPS) is 20.9. The van der Waals surface area contributed by atoms with Crippen LogP contribution in [0.4, 0.5) is 0 Å². The molecule has 0 bridgehead atoms. The minimum atomic E-state index is -1.07.